The zero-order valence-corrected chi connectivity index (χ0v) is 12.8. The van der Waals surface area contributed by atoms with Crippen molar-refractivity contribution < 1.29 is 4.79 Å². The van der Waals surface area contributed by atoms with Crippen LogP contribution in [0.3, 0.4) is 0 Å². The number of fused-ring (bicyclic) bond motifs is 1. The predicted molar refractivity (Wildman–Crippen MR) is 88.7 cm³/mol. The number of para-hydroxylation sites is 2. The van der Waals surface area contributed by atoms with Crippen LogP contribution in [0.5, 0.6) is 0 Å². The molecular weight excluding hydrogens is 274 g/mol. The van der Waals surface area contributed by atoms with Gasteiger partial charge in [0.25, 0.3) is 5.91 Å². The van der Waals surface area contributed by atoms with Gasteiger partial charge >= 0.3 is 0 Å². The van der Waals surface area contributed by atoms with Crippen LogP contribution in [0, 0.1) is 0 Å². The molecule has 3 aromatic rings. The number of hydrogen-bond donors (Lipinski definition) is 2. The van der Waals surface area contributed by atoms with Gasteiger partial charge in [-0.15, -0.1) is 0 Å². The number of carbonyl (C=O) groups is 1. The third kappa shape index (κ3) is 2.72. The van der Waals surface area contributed by atoms with E-state index in [0.29, 0.717) is 5.56 Å². The van der Waals surface area contributed by atoms with E-state index in [1.807, 2.05) is 55.5 Å². The maximum atomic E-state index is 12.5. The average molecular weight is 293 g/mol. The first-order valence-corrected chi connectivity index (χ1v) is 7.54. The Hall–Kier alpha value is -2.62. The van der Waals surface area contributed by atoms with Gasteiger partial charge in [0.05, 0.1) is 16.6 Å². The van der Waals surface area contributed by atoms with Crippen LogP contribution in [0.25, 0.3) is 22.4 Å². The molecule has 0 saturated carbocycles. The van der Waals surface area contributed by atoms with Gasteiger partial charge in [-0.25, -0.2) is 4.98 Å². The van der Waals surface area contributed by atoms with Gasteiger partial charge in [0.2, 0.25) is 0 Å². The highest BCUT2D eigenvalue weighted by atomic mass is 16.1. The van der Waals surface area contributed by atoms with E-state index in [0.717, 1.165) is 28.8 Å². The minimum absolute atomic E-state index is 0.0644. The standard InChI is InChI=1S/C18H19N3O/c1-3-12(2)19-18(22)14-9-5-4-8-13(14)17-20-15-10-6-7-11-16(15)21-17/h4-12H,3H2,1-2H3,(H,19,22)(H,20,21)/t12-/m1/s1. The summed E-state index contributed by atoms with van der Waals surface area (Å²) in [6, 6.07) is 15.5. The van der Waals surface area contributed by atoms with Gasteiger partial charge in [-0.05, 0) is 31.5 Å². The Morgan fingerprint density at radius 1 is 1.18 bits per heavy atom. The van der Waals surface area contributed by atoms with Crippen molar-refractivity contribution in [3.8, 4) is 11.4 Å². The van der Waals surface area contributed by atoms with Crippen molar-refractivity contribution >= 4 is 16.9 Å². The molecule has 2 aromatic carbocycles. The van der Waals surface area contributed by atoms with E-state index in [2.05, 4.69) is 22.2 Å². The fourth-order valence-corrected chi connectivity index (χ4v) is 2.37. The van der Waals surface area contributed by atoms with Crippen molar-refractivity contribution in [1.29, 1.82) is 0 Å². The van der Waals surface area contributed by atoms with E-state index in [1.165, 1.54) is 0 Å². The van der Waals surface area contributed by atoms with Crippen LogP contribution in [0.1, 0.15) is 30.6 Å². The van der Waals surface area contributed by atoms with Crippen LogP contribution >= 0.6 is 0 Å². The lowest BCUT2D eigenvalue weighted by atomic mass is 10.1. The summed E-state index contributed by atoms with van der Waals surface area (Å²) in [6.07, 6.45) is 0.901. The van der Waals surface area contributed by atoms with Crippen molar-refractivity contribution in [2.24, 2.45) is 0 Å². The number of rotatable bonds is 4. The third-order valence-corrected chi connectivity index (χ3v) is 3.81. The number of carbonyl (C=O) groups excluding carboxylic acids is 1. The zero-order valence-electron chi connectivity index (χ0n) is 12.8. The van der Waals surface area contributed by atoms with Gasteiger partial charge in [-0.3, -0.25) is 4.79 Å². The van der Waals surface area contributed by atoms with Crippen molar-refractivity contribution in [2.45, 2.75) is 26.3 Å². The number of H-pyrrole nitrogens is 1. The molecule has 0 aliphatic carbocycles. The van der Waals surface area contributed by atoms with E-state index in [4.69, 9.17) is 0 Å². The van der Waals surface area contributed by atoms with Gasteiger partial charge in [-0.2, -0.15) is 0 Å². The largest absolute Gasteiger partial charge is 0.350 e. The Balaban J connectivity index is 2.02. The first kappa shape index (κ1) is 14.3. The predicted octanol–water partition coefficient (Wildman–Crippen LogP) is 3.76. The van der Waals surface area contributed by atoms with Crippen molar-refractivity contribution in [3.05, 3.63) is 54.1 Å². The quantitative estimate of drug-likeness (QED) is 0.769. The Bertz CT molecular complexity index is 774. The monoisotopic (exact) mass is 293 g/mol. The molecule has 0 unspecified atom stereocenters. The lowest BCUT2D eigenvalue weighted by molar-refractivity contribution is 0.0940. The molecule has 0 aliphatic rings. The Morgan fingerprint density at radius 2 is 1.91 bits per heavy atom. The summed E-state index contributed by atoms with van der Waals surface area (Å²) in [5.74, 6) is 0.654. The molecule has 4 heteroatoms. The Morgan fingerprint density at radius 3 is 2.68 bits per heavy atom. The van der Waals surface area contributed by atoms with E-state index in [1.54, 1.807) is 0 Å². The highest BCUT2D eigenvalue weighted by Crippen LogP contribution is 2.24. The first-order valence-electron chi connectivity index (χ1n) is 7.54. The van der Waals surface area contributed by atoms with Crippen LogP contribution < -0.4 is 5.32 Å². The minimum Gasteiger partial charge on any atom is -0.350 e. The number of nitrogens with one attached hydrogen (secondary N) is 2. The van der Waals surface area contributed by atoms with E-state index >= 15 is 0 Å². The molecule has 112 valence electrons. The number of aromatic amines is 1. The molecule has 2 N–H and O–H groups in total. The fourth-order valence-electron chi connectivity index (χ4n) is 2.37. The molecule has 1 atom stereocenters. The number of benzene rings is 2. The Labute approximate surface area is 129 Å². The van der Waals surface area contributed by atoms with Gasteiger partial charge < -0.3 is 10.3 Å². The Kier molecular flexibility index (Phi) is 3.92. The lowest BCUT2D eigenvalue weighted by Gasteiger charge is -2.13. The number of nitrogens with zero attached hydrogens (tertiary/aromatic N) is 1. The molecule has 0 spiro atoms. The molecule has 22 heavy (non-hydrogen) atoms. The van der Waals surface area contributed by atoms with Crippen molar-refractivity contribution in [1.82, 2.24) is 15.3 Å². The first-order chi connectivity index (χ1) is 10.7. The summed E-state index contributed by atoms with van der Waals surface area (Å²) in [5.41, 5.74) is 3.32. The SMILES string of the molecule is CC[C@@H](C)NC(=O)c1ccccc1-c1nc2ccccc2[nH]1. The molecule has 0 fully saturated rings. The van der Waals surface area contributed by atoms with E-state index in [9.17, 15) is 4.79 Å². The highest BCUT2D eigenvalue weighted by Gasteiger charge is 2.16. The van der Waals surface area contributed by atoms with E-state index < -0.39 is 0 Å². The molecule has 0 saturated heterocycles. The fraction of sp³-hybridized carbons (Fsp3) is 0.222. The summed E-state index contributed by atoms with van der Waals surface area (Å²) in [7, 11) is 0. The third-order valence-electron chi connectivity index (χ3n) is 3.81. The zero-order chi connectivity index (χ0) is 15.5. The second-order valence-electron chi connectivity index (χ2n) is 5.43. The van der Waals surface area contributed by atoms with Gasteiger partial charge in [0, 0.05) is 11.6 Å². The normalized spacial score (nSPS) is 12.3. The van der Waals surface area contributed by atoms with Gasteiger partial charge in [0.15, 0.2) is 0 Å². The number of aromatic nitrogens is 2. The smallest absolute Gasteiger partial charge is 0.252 e. The molecule has 1 aromatic heterocycles. The van der Waals surface area contributed by atoms with Crippen LogP contribution in [-0.4, -0.2) is 21.9 Å². The molecule has 1 amide bonds. The summed E-state index contributed by atoms with van der Waals surface area (Å²) >= 11 is 0. The maximum absolute atomic E-state index is 12.5. The lowest BCUT2D eigenvalue weighted by Crippen LogP contribution is -2.32. The summed E-state index contributed by atoms with van der Waals surface area (Å²) < 4.78 is 0. The molecule has 1 heterocycles. The van der Waals surface area contributed by atoms with Gasteiger partial charge in [0.1, 0.15) is 5.82 Å². The molecule has 4 nitrogen and oxygen atoms in total. The molecular formula is C18H19N3O. The van der Waals surface area contributed by atoms with E-state index in [-0.39, 0.29) is 11.9 Å². The van der Waals surface area contributed by atoms with Crippen molar-refractivity contribution in [3.63, 3.8) is 0 Å². The second-order valence-corrected chi connectivity index (χ2v) is 5.43. The highest BCUT2D eigenvalue weighted by molar-refractivity contribution is 6.00. The molecule has 0 aliphatic heterocycles. The summed E-state index contributed by atoms with van der Waals surface area (Å²) in [4.78, 5) is 20.3. The maximum Gasteiger partial charge on any atom is 0.252 e. The van der Waals surface area contributed by atoms with Crippen LogP contribution in [0.15, 0.2) is 48.5 Å². The average Bonchev–Trinajstić information content (AvgIpc) is 2.98. The second kappa shape index (κ2) is 6.02. The molecule has 0 radical (unpaired) electrons. The molecule has 3 rings (SSSR count). The summed E-state index contributed by atoms with van der Waals surface area (Å²) in [5, 5.41) is 3.01. The van der Waals surface area contributed by atoms with Crippen LogP contribution in [0.4, 0.5) is 0 Å². The minimum atomic E-state index is -0.0644. The topological polar surface area (TPSA) is 57.8 Å². The number of imidazole rings is 1. The van der Waals surface area contributed by atoms with Gasteiger partial charge in [-0.1, -0.05) is 37.3 Å². The van der Waals surface area contributed by atoms with Crippen molar-refractivity contribution in [2.75, 3.05) is 0 Å². The molecule has 0 bridgehead atoms. The van der Waals surface area contributed by atoms with Crippen LogP contribution in [0.2, 0.25) is 0 Å². The summed E-state index contributed by atoms with van der Waals surface area (Å²) in [6.45, 7) is 4.05. The number of hydrogen-bond acceptors (Lipinski definition) is 2. The number of amides is 1. The van der Waals surface area contributed by atoms with Crippen LogP contribution in [-0.2, 0) is 0 Å².